The molecule has 0 spiro atoms. The van der Waals surface area contributed by atoms with Crippen molar-refractivity contribution in [3.63, 3.8) is 0 Å². The number of nitrogens with one attached hydrogen (secondary N) is 3. The predicted molar refractivity (Wildman–Crippen MR) is 113 cm³/mol. The molecule has 1 aromatic carbocycles. The van der Waals surface area contributed by atoms with Crippen LogP contribution >= 0.6 is 15.9 Å². The van der Waals surface area contributed by atoms with E-state index in [4.69, 9.17) is 4.74 Å². The Bertz CT molecular complexity index is 588. The SMILES string of the molecule is CCNC(=NCCCN1CCOCC1)NCCC(=O)Nc1ccc(Br)cc1. The van der Waals surface area contributed by atoms with E-state index in [0.29, 0.717) is 13.0 Å². The first-order valence-corrected chi connectivity index (χ1v) is 10.3. The van der Waals surface area contributed by atoms with Gasteiger partial charge in [-0.15, -0.1) is 0 Å². The van der Waals surface area contributed by atoms with Crippen molar-refractivity contribution in [2.24, 2.45) is 4.99 Å². The van der Waals surface area contributed by atoms with Gasteiger partial charge < -0.3 is 20.7 Å². The lowest BCUT2D eigenvalue weighted by Crippen LogP contribution is -2.39. The Hall–Kier alpha value is -1.64. The first-order valence-electron chi connectivity index (χ1n) is 9.55. The molecule has 3 N–H and O–H groups in total. The smallest absolute Gasteiger partial charge is 0.226 e. The molecule has 1 heterocycles. The Morgan fingerprint density at radius 1 is 1.22 bits per heavy atom. The summed E-state index contributed by atoms with van der Waals surface area (Å²) in [6.07, 6.45) is 1.40. The van der Waals surface area contributed by atoms with Gasteiger partial charge in [-0.25, -0.2) is 0 Å². The van der Waals surface area contributed by atoms with Crippen LogP contribution in [0.4, 0.5) is 5.69 Å². The molecule has 27 heavy (non-hydrogen) atoms. The van der Waals surface area contributed by atoms with Gasteiger partial charge in [0, 0.05) is 55.8 Å². The van der Waals surface area contributed by atoms with Crippen molar-refractivity contribution in [1.29, 1.82) is 0 Å². The highest BCUT2D eigenvalue weighted by molar-refractivity contribution is 9.10. The number of morpholine rings is 1. The molecule has 0 saturated carbocycles. The van der Waals surface area contributed by atoms with Crippen molar-refractivity contribution in [3.8, 4) is 0 Å². The van der Waals surface area contributed by atoms with Crippen LogP contribution < -0.4 is 16.0 Å². The highest BCUT2D eigenvalue weighted by Crippen LogP contribution is 2.14. The van der Waals surface area contributed by atoms with E-state index in [9.17, 15) is 4.79 Å². The number of hydrogen-bond acceptors (Lipinski definition) is 4. The van der Waals surface area contributed by atoms with Gasteiger partial charge in [0.15, 0.2) is 5.96 Å². The van der Waals surface area contributed by atoms with Gasteiger partial charge in [0.1, 0.15) is 0 Å². The van der Waals surface area contributed by atoms with E-state index < -0.39 is 0 Å². The Morgan fingerprint density at radius 2 is 1.96 bits per heavy atom. The molecular weight excluding hydrogens is 410 g/mol. The molecule has 0 atom stereocenters. The standard InChI is InChI=1S/C19H30BrN5O2/c1-2-21-19(22-9-3-11-25-12-14-27-15-13-25)23-10-8-18(26)24-17-6-4-16(20)5-7-17/h4-7H,2-3,8-15H2,1H3,(H,24,26)(H2,21,22,23). The summed E-state index contributed by atoms with van der Waals surface area (Å²) in [5.74, 6) is 0.740. The normalized spacial score (nSPS) is 15.4. The van der Waals surface area contributed by atoms with Gasteiger partial charge in [0.05, 0.1) is 13.2 Å². The summed E-state index contributed by atoms with van der Waals surface area (Å²) in [6, 6.07) is 7.55. The number of nitrogens with zero attached hydrogens (tertiary/aromatic N) is 2. The number of hydrogen-bond donors (Lipinski definition) is 3. The largest absolute Gasteiger partial charge is 0.379 e. The van der Waals surface area contributed by atoms with Crippen LogP contribution in [0, 0.1) is 0 Å². The molecule has 1 fully saturated rings. The van der Waals surface area contributed by atoms with E-state index >= 15 is 0 Å². The predicted octanol–water partition coefficient (Wildman–Crippen LogP) is 2.06. The van der Waals surface area contributed by atoms with Crippen molar-refractivity contribution < 1.29 is 9.53 Å². The van der Waals surface area contributed by atoms with Crippen LogP contribution in [0.1, 0.15) is 19.8 Å². The molecule has 0 radical (unpaired) electrons. The summed E-state index contributed by atoms with van der Waals surface area (Å²) in [5.41, 5.74) is 0.798. The Morgan fingerprint density at radius 3 is 2.67 bits per heavy atom. The fourth-order valence-electron chi connectivity index (χ4n) is 2.70. The summed E-state index contributed by atoms with van der Waals surface area (Å²) < 4.78 is 6.35. The second kappa shape index (κ2) is 12.7. The fraction of sp³-hybridized carbons (Fsp3) is 0.579. The molecule has 7 nitrogen and oxygen atoms in total. The first-order chi connectivity index (χ1) is 13.2. The summed E-state index contributed by atoms with van der Waals surface area (Å²) in [4.78, 5) is 19.0. The minimum absolute atomic E-state index is 0.0204. The van der Waals surface area contributed by atoms with E-state index in [2.05, 4.69) is 41.8 Å². The average molecular weight is 440 g/mol. The van der Waals surface area contributed by atoms with Crippen LogP contribution in [0.15, 0.2) is 33.7 Å². The first kappa shape index (κ1) is 21.7. The molecule has 1 saturated heterocycles. The van der Waals surface area contributed by atoms with Crippen molar-refractivity contribution in [2.75, 3.05) is 57.8 Å². The van der Waals surface area contributed by atoms with Crippen LogP contribution in [-0.4, -0.2) is 69.2 Å². The number of benzene rings is 1. The highest BCUT2D eigenvalue weighted by Gasteiger charge is 2.09. The third-order valence-corrected chi connectivity index (χ3v) is 4.65. The maximum absolute atomic E-state index is 12.0. The van der Waals surface area contributed by atoms with Crippen LogP contribution in [0.5, 0.6) is 0 Å². The number of ether oxygens (including phenoxy) is 1. The van der Waals surface area contributed by atoms with Gasteiger partial charge in [0.25, 0.3) is 0 Å². The quantitative estimate of drug-likeness (QED) is 0.311. The topological polar surface area (TPSA) is 78.0 Å². The minimum atomic E-state index is -0.0204. The molecule has 8 heteroatoms. The van der Waals surface area contributed by atoms with Gasteiger partial charge >= 0.3 is 0 Å². The van der Waals surface area contributed by atoms with Crippen molar-refractivity contribution in [3.05, 3.63) is 28.7 Å². The van der Waals surface area contributed by atoms with Crippen LogP contribution in [0.2, 0.25) is 0 Å². The zero-order chi connectivity index (χ0) is 19.3. The maximum Gasteiger partial charge on any atom is 0.226 e. The molecule has 0 unspecified atom stereocenters. The van der Waals surface area contributed by atoms with Crippen LogP contribution in [0.25, 0.3) is 0 Å². The molecule has 0 aromatic heterocycles. The number of aliphatic imine (C=N–C) groups is 1. The second-order valence-electron chi connectivity index (χ2n) is 6.30. The van der Waals surface area contributed by atoms with Gasteiger partial charge in [-0.2, -0.15) is 0 Å². The third kappa shape index (κ3) is 9.21. The molecule has 1 aliphatic heterocycles. The fourth-order valence-corrected chi connectivity index (χ4v) is 2.97. The lowest BCUT2D eigenvalue weighted by molar-refractivity contribution is -0.116. The maximum atomic E-state index is 12.0. The van der Waals surface area contributed by atoms with Gasteiger partial charge in [0.2, 0.25) is 5.91 Å². The minimum Gasteiger partial charge on any atom is -0.379 e. The van der Waals surface area contributed by atoms with Crippen molar-refractivity contribution in [1.82, 2.24) is 15.5 Å². The lowest BCUT2D eigenvalue weighted by Gasteiger charge is -2.26. The Balaban J connectivity index is 1.64. The van der Waals surface area contributed by atoms with E-state index in [1.165, 1.54) is 0 Å². The molecule has 0 bridgehead atoms. The molecule has 150 valence electrons. The number of guanidine groups is 1. The van der Waals surface area contributed by atoms with Crippen molar-refractivity contribution in [2.45, 2.75) is 19.8 Å². The molecule has 1 aliphatic rings. The Kier molecular flexibility index (Phi) is 10.2. The highest BCUT2D eigenvalue weighted by atomic mass is 79.9. The molecule has 1 amide bonds. The zero-order valence-corrected chi connectivity index (χ0v) is 17.6. The number of halogens is 1. The number of rotatable bonds is 9. The van der Waals surface area contributed by atoms with Crippen molar-refractivity contribution >= 4 is 33.5 Å². The van der Waals surface area contributed by atoms with E-state index in [1.54, 1.807) is 0 Å². The monoisotopic (exact) mass is 439 g/mol. The van der Waals surface area contributed by atoms with E-state index in [-0.39, 0.29) is 5.91 Å². The summed E-state index contributed by atoms with van der Waals surface area (Å²) in [6.45, 7) is 8.85. The average Bonchev–Trinajstić information content (AvgIpc) is 2.68. The van der Waals surface area contributed by atoms with E-state index in [1.807, 2.05) is 31.2 Å². The summed E-state index contributed by atoms with van der Waals surface area (Å²) >= 11 is 3.38. The molecule has 2 rings (SSSR count). The van der Waals surface area contributed by atoms with Crippen LogP contribution in [0.3, 0.4) is 0 Å². The van der Waals surface area contributed by atoms with Gasteiger partial charge in [-0.3, -0.25) is 14.7 Å². The number of amides is 1. The number of anilines is 1. The van der Waals surface area contributed by atoms with Gasteiger partial charge in [-0.1, -0.05) is 15.9 Å². The second-order valence-corrected chi connectivity index (χ2v) is 7.22. The molecule has 1 aromatic rings. The van der Waals surface area contributed by atoms with Crippen LogP contribution in [-0.2, 0) is 9.53 Å². The van der Waals surface area contributed by atoms with E-state index in [0.717, 1.165) is 68.5 Å². The third-order valence-electron chi connectivity index (χ3n) is 4.12. The summed E-state index contributed by atoms with van der Waals surface area (Å²) in [5, 5.41) is 9.33. The summed E-state index contributed by atoms with van der Waals surface area (Å²) in [7, 11) is 0. The zero-order valence-electron chi connectivity index (χ0n) is 16.0. The van der Waals surface area contributed by atoms with Gasteiger partial charge in [-0.05, 0) is 37.6 Å². The molecule has 0 aliphatic carbocycles. The number of carbonyl (C=O) groups excluding carboxylic acids is 1. The Labute approximate surface area is 170 Å². The lowest BCUT2D eigenvalue weighted by atomic mass is 10.3. The molecular formula is C19H30BrN5O2. The number of carbonyl (C=O) groups is 1.